The summed E-state index contributed by atoms with van der Waals surface area (Å²) in [6, 6.07) is 24.7. The Morgan fingerprint density at radius 3 is 2.28 bits per heavy atom. The van der Waals surface area contributed by atoms with Crippen molar-refractivity contribution in [3.63, 3.8) is 0 Å². The van der Waals surface area contributed by atoms with Crippen molar-refractivity contribution in [3.05, 3.63) is 134 Å². The van der Waals surface area contributed by atoms with E-state index in [4.69, 9.17) is 16.3 Å². The summed E-state index contributed by atoms with van der Waals surface area (Å²) in [7, 11) is 1.38. The van der Waals surface area contributed by atoms with Gasteiger partial charge in [0.1, 0.15) is 0 Å². The lowest BCUT2D eigenvalue weighted by molar-refractivity contribution is -0.384. The van der Waals surface area contributed by atoms with E-state index in [0.29, 0.717) is 22.4 Å². The van der Waals surface area contributed by atoms with Crippen molar-refractivity contribution < 1.29 is 33.9 Å². The molecule has 268 valence electrons. The number of anilines is 2. The Morgan fingerprint density at radius 2 is 1.62 bits per heavy atom. The molecule has 2 saturated heterocycles. The van der Waals surface area contributed by atoms with Gasteiger partial charge in [-0.2, -0.15) is 5.01 Å². The number of hydrogen-bond acceptors (Lipinski definition) is 9. The van der Waals surface area contributed by atoms with E-state index in [2.05, 4.69) is 5.43 Å². The first-order valence-electron chi connectivity index (χ1n) is 17.1. The SMILES string of the molecule is COc1cc([C@H]2C3=CC[C@@H]4C(=O)N(c5ccc([N+](=O)[O-])cc5)C(=O)[C@@H]4[C@@H]3C[C@H]3C(=O)N(Nc4ccc(C)cc4)C(=O)[C@@]23c2ccccc2)cc(Cl)c1O. The van der Waals surface area contributed by atoms with E-state index in [9.17, 15) is 29.6 Å². The molecule has 4 aliphatic rings. The number of imide groups is 2. The van der Waals surface area contributed by atoms with Crippen LogP contribution in [0.1, 0.15) is 35.4 Å². The summed E-state index contributed by atoms with van der Waals surface area (Å²) in [5.74, 6) is -6.35. The van der Waals surface area contributed by atoms with Crippen molar-refractivity contribution >= 4 is 52.3 Å². The second-order valence-electron chi connectivity index (χ2n) is 13.9. The number of carbonyl (C=O) groups is 4. The predicted molar refractivity (Wildman–Crippen MR) is 194 cm³/mol. The van der Waals surface area contributed by atoms with Gasteiger partial charge in [0.2, 0.25) is 11.8 Å². The molecular formula is C40H33ClN4O8. The van der Waals surface area contributed by atoms with Crippen molar-refractivity contribution in [3.8, 4) is 11.5 Å². The number of rotatable bonds is 7. The Kier molecular flexibility index (Phi) is 8.10. The van der Waals surface area contributed by atoms with Gasteiger partial charge in [0.25, 0.3) is 17.5 Å². The minimum Gasteiger partial charge on any atom is -0.503 e. The standard InChI is InChI=1S/C40H33ClN4O8/c1-21-8-10-24(11-9-21)42-44-37(48)30-20-29-27(16-17-28-33(29)38(49)43(36(28)47)25-12-14-26(15-13-25)45(51)52)34(22-18-31(41)35(46)32(19-22)53-2)40(30,39(44)50)23-6-4-3-5-7-23/h3-16,18-19,28-30,33-34,42,46H,17,20H2,1-2H3/t28-,29+,30-,33-,34-,40+/m0/s1. The first kappa shape index (κ1) is 34.1. The van der Waals surface area contributed by atoms with Crippen molar-refractivity contribution in [1.29, 1.82) is 0 Å². The van der Waals surface area contributed by atoms with E-state index < -0.39 is 63.6 Å². The molecule has 1 saturated carbocycles. The zero-order valence-corrected chi connectivity index (χ0v) is 29.3. The molecule has 0 radical (unpaired) electrons. The van der Waals surface area contributed by atoms with Gasteiger partial charge in [0, 0.05) is 18.1 Å². The first-order chi connectivity index (χ1) is 25.5. The Balaban J connectivity index is 1.32. The third kappa shape index (κ3) is 5.03. The maximum Gasteiger partial charge on any atom is 0.269 e. The molecule has 2 aliphatic heterocycles. The molecule has 0 aromatic heterocycles. The maximum atomic E-state index is 15.3. The number of hydrogen-bond donors (Lipinski definition) is 2. The summed E-state index contributed by atoms with van der Waals surface area (Å²) in [5.41, 5.74) is 4.82. The number of nitro groups is 1. The number of amides is 4. The quantitative estimate of drug-likeness (QED) is 0.0941. The number of fused-ring (bicyclic) bond motifs is 4. The van der Waals surface area contributed by atoms with Crippen LogP contribution in [0.5, 0.6) is 11.5 Å². The van der Waals surface area contributed by atoms with Gasteiger partial charge in [-0.3, -0.25) is 39.6 Å². The van der Waals surface area contributed by atoms with Crippen molar-refractivity contribution in [2.24, 2.45) is 23.7 Å². The van der Waals surface area contributed by atoms with E-state index in [0.717, 1.165) is 15.5 Å². The molecule has 2 aliphatic carbocycles. The smallest absolute Gasteiger partial charge is 0.269 e. The highest BCUT2D eigenvalue weighted by Crippen LogP contribution is 2.64. The van der Waals surface area contributed by atoms with E-state index in [1.54, 1.807) is 36.4 Å². The van der Waals surface area contributed by atoms with Crippen LogP contribution in [0.15, 0.2) is 103 Å². The minimum absolute atomic E-state index is 0.0293. The van der Waals surface area contributed by atoms with Crippen LogP contribution in [-0.4, -0.2) is 45.8 Å². The highest BCUT2D eigenvalue weighted by Gasteiger charge is 2.70. The number of phenols is 1. The molecule has 0 bridgehead atoms. The zero-order valence-electron chi connectivity index (χ0n) is 28.6. The lowest BCUT2D eigenvalue weighted by Crippen LogP contribution is -2.53. The number of aromatic hydroxyl groups is 1. The molecular weight excluding hydrogens is 700 g/mol. The summed E-state index contributed by atoms with van der Waals surface area (Å²) in [6.07, 6.45) is 2.15. The number of aryl methyl sites for hydroxylation is 1. The topological polar surface area (TPSA) is 159 Å². The number of methoxy groups -OCH3 is 1. The highest BCUT2D eigenvalue weighted by molar-refractivity contribution is 6.32. The zero-order chi connectivity index (χ0) is 37.3. The average molecular weight is 733 g/mol. The van der Waals surface area contributed by atoms with Crippen LogP contribution < -0.4 is 15.1 Å². The molecule has 0 spiro atoms. The summed E-state index contributed by atoms with van der Waals surface area (Å²) in [5, 5.41) is 23.1. The molecule has 2 heterocycles. The fourth-order valence-corrected chi connectivity index (χ4v) is 9.24. The van der Waals surface area contributed by atoms with Crippen LogP contribution in [0, 0.1) is 40.7 Å². The largest absolute Gasteiger partial charge is 0.503 e. The Bertz CT molecular complexity index is 2240. The van der Waals surface area contributed by atoms with Gasteiger partial charge in [-0.05, 0) is 73.2 Å². The summed E-state index contributed by atoms with van der Waals surface area (Å²) in [4.78, 5) is 70.4. The minimum atomic E-state index is -1.54. The number of non-ortho nitro benzene ring substituents is 1. The van der Waals surface area contributed by atoms with Crippen LogP contribution in [-0.2, 0) is 24.6 Å². The van der Waals surface area contributed by atoms with Crippen LogP contribution in [0.2, 0.25) is 5.02 Å². The van der Waals surface area contributed by atoms with Gasteiger partial charge in [-0.15, -0.1) is 0 Å². The number of nitrogens with one attached hydrogen (secondary N) is 1. The lowest BCUT2D eigenvalue weighted by Gasteiger charge is -2.50. The number of nitrogens with zero attached hydrogens (tertiary/aromatic N) is 3. The van der Waals surface area contributed by atoms with Gasteiger partial charge in [-0.1, -0.05) is 71.3 Å². The molecule has 3 fully saturated rings. The lowest BCUT2D eigenvalue weighted by atomic mass is 9.49. The Labute approximate surface area is 308 Å². The van der Waals surface area contributed by atoms with E-state index >= 15 is 4.79 Å². The Morgan fingerprint density at radius 1 is 0.925 bits per heavy atom. The average Bonchev–Trinajstić information content (AvgIpc) is 3.54. The molecule has 53 heavy (non-hydrogen) atoms. The summed E-state index contributed by atoms with van der Waals surface area (Å²) in [6.45, 7) is 1.93. The van der Waals surface area contributed by atoms with Crippen molar-refractivity contribution in [1.82, 2.24) is 5.01 Å². The van der Waals surface area contributed by atoms with Crippen molar-refractivity contribution in [2.75, 3.05) is 17.4 Å². The third-order valence-corrected chi connectivity index (χ3v) is 11.6. The third-order valence-electron chi connectivity index (χ3n) is 11.3. The number of phenolic OH excluding ortho intramolecular Hbond substituents is 1. The fraction of sp³-hybridized carbons (Fsp3) is 0.250. The van der Waals surface area contributed by atoms with Gasteiger partial charge < -0.3 is 9.84 Å². The van der Waals surface area contributed by atoms with E-state index in [1.165, 1.54) is 31.4 Å². The van der Waals surface area contributed by atoms with Crippen molar-refractivity contribution in [2.45, 2.75) is 31.1 Å². The predicted octanol–water partition coefficient (Wildman–Crippen LogP) is 6.46. The summed E-state index contributed by atoms with van der Waals surface area (Å²) < 4.78 is 5.51. The number of benzene rings is 4. The number of ether oxygens (including phenoxy) is 1. The molecule has 13 heteroatoms. The number of nitro benzene ring substituents is 1. The molecule has 0 unspecified atom stereocenters. The Hall–Kier alpha value is -6.01. The summed E-state index contributed by atoms with van der Waals surface area (Å²) >= 11 is 6.62. The van der Waals surface area contributed by atoms with Crippen LogP contribution in [0.3, 0.4) is 0 Å². The van der Waals surface area contributed by atoms with Crippen LogP contribution in [0.25, 0.3) is 0 Å². The second-order valence-corrected chi connectivity index (χ2v) is 14.3. The number of hydrazine groups is 1. The number of allylic oxidation sites excluding steroid dienone is 2. The first-order valence-corrected chi connectivity index (χ1v) is 17.5. The van der Waals surface area contributed by atoms with Gasteiger partial charge in [0.15, 0.2) is 11.5 Å². The van der Waals surface area contributed by atoms with E-state index in [-0.39, 0.29) is 40.7 Å². The van der Waals surface area contributed by atoms with E-state index in [1.807, 2.05) is 43.3 Å². The molecule has 6 atom stereocenters. The molecule has 4 aromatic rings. The molecule has 2 N–H and O–H groups in total. The fourth-order valence-electron chi connectivity index (χ4n) is 9.02. The van der Waals surface area contributed by atoms with Gasteiger partial charge in [-0.25, -0.2) is 0 Å². The van der Waals surface area contributed by atoms with Crippen LogP contribution >= 0.6 is 11.6 Å². The van der Waals surface area contributed by atoms with Gasteiger partial charge >= 0.3 is 0 Å². The van der Waals surface area contributed by atoms with Crippen LogP contribution in [0.4, 0.5) is 17.1 Å². The molecule has 8 rings (SSSR count). The molecule has 4 amide bonds. The molecule has 12 nitrogen and oxygen atoms in total. The number of carbonyl (C=O) groups excluding carboxylic acids is 4. The highest BCUT2D eigenvalue weighted by atomic mass is 35.5. The second kappa shape index (κ2) is 12.6. The monoisotopic (exact) mass is 732 g/mol. The van der Waals surface area contributed by atoms with Gasteiger partial charge in [0.05, 0.1) is 51.6 Å². The number of halogens is 1. The maximum absolute atomic E-state index is 15.3. The normalized spacial score (nSPS) is 26.2. The molecule has 4 aromatic carbocycles.